The van der Waals surface area contributed by atoms with E-state index < -0.39 is 0 Å². The Morgan fingerprint density at radius 3 is 2.73 bits per heavy atom. The summed E-state index contributed by atoms with van der Waals surface area (Å²) in [5.74, 6) is 0.462. The number of thioether (sulfide) groups is 1. The van der Waals surface area contributed by atoms with E-state index in [2.05, 4.69) is 16.8 Å². The average molecular weight is 488 g/mol. The number of carbonyl (C=O) groups is 1. The highest BCUT2D eigenvalue weighted by molar-refractivity contribution is 8.26. The largest absolute Gasteiger partial charge is 0.382 e. The number of pyridine rings is 1. The summed E-state index contributed by atoms with van der Waals surface area (Å²) < 4.78 is 7.45. The van der Waals surface area contributed by atoms with Crippen LogP contribution in [-0.2, 0) is 9.53 Å². The maximum Gasteiger partial charge on any atom is 0.267 e. The standard InChI is InChI=1S/C23H29N5O3S2/c1-4-31-14-6-9-28-22(30)18(33-23(28)32)15-17-20(26-12-10-25(3)11-13-26)24-19-16(2)7-5-8-27(19)21(17)29/h5,7-8,15H,4,6,9-14H2,1-3H3/b18-15+. The number of carbonyl (C=O) groups excluding carboxylic acids is 1. The van der Waals surface area contributed by atoms with Gasteiger partial charge in [0.1, 0.15) is 15.8 Å². The van der Waals surface area contributed by atoms with Crippen molar-refractivity contribution in [2.75, 3.05) is 57.9 Å². The Hall–Kier alpha value is -2.27. The third kappa shape index (κ3) is 4.98. The second-order valence-electron chi connectivity index (χ2n) is 8.21. The molecule has 2 aromatic rings. The SMILES string of the molecule is CCOCCCN1C(=O)/C(=C\c2c(N3CCN(C)CC3)nc3c(C)cccn3c2=O)SC1=S. The number of nitrogens with zero attached hydrogens (tertiary/aromatic N) is 5. The number of ether oxygens (including phenoxy) is 1. The quantitative estimate of drug-likeness (QED) is 0.335. The third-order valence-electron chi connectivity index (χ3n) is 5.89. The number of fused-ring (bicyclic) bond motifs is 1. The molecule has 2 aliphatic heterocycles. The van der Waals surface area contributed by atoms with Gasteiger partial charge >= 0.3 is 0 Å². The monoisotopic (exact) mass is 487 g/mol. The first-order chi connectivity index (χ1) is 15.9. The lowest BCUT2D eigenvalue weighted by molar-refractivity contribution is -0.122. The van der Waals surface area contributed by atoms with E-state index in [0.717, 1.165) is 31.7 Å². The zero-order valence-electron chi connectivity index (χ0n) is 19.2. The van der Waals surface area contributed by atoms with Crippen LogP contribution >= 0.6 is 24.0 Å². The zero-order chi connectivity index (χ0) is 23.5. The van der Waals surface area contributed by atoms with Crippen molar-refractivity contribution in [2.45, 2.75) is 20.3 Å². The fourth-order valence-corrected chi connectivity index (χ4v) is 5.27. The van der Waals surface area contributed by atoms with Gasteiger partial charge in [0.15, 0.2) is 0 Å². The van der Waals surface area contributed by atoms with E-state index in [-0.39, 0.29) is 11.5 Å². The molecule has 0 radical (unpaired) electrons. The number of hydrogen-bond donors (Lipinski definition) is 0. The normalized spacial score (nSPS) is 18.8. The van der Waals surface area contributed by atoms with Gasteiger partial charge in [-0.15, -0.1) is 0 Å². The van der Waals surface area contributed by atoms with Gasteiger partial charge in [0.25, 0.3) is 11.5 Å². The van der Waals surface area contributed by atoms with Crippen LogP contribution in [0.3, 0.4) is 0 Å². The number of rotatable bonds is 7. The Balaban J connectivity index is 1.73. The van der Waals surface area contributed by atoms with Gasteiger partial charge in [-0.05, 0) is 45.0 Å². The minimum atomic E-state index is -0.181. The summed E-state index contributed by atoms with van der Waals surface area (Å²) in [6, 6.07) is 3.78. The molecule has 0 saturated carbocycles. The molecule has 1 amide bonds. The van der Waals surface area contributed by atoms with Gasteiger partial charge in [-0.25, -0.2) is 4.98 Å². The lowest BCUT2D eigenvalue weighted by Crippen LogP contribution is -2.45. The predicted molar refractivity (Wildman–Crippen MR) is 137 cm³/mol. The molecule has 2 aliphatic rings. The Morgan fingerprint density at radius 2 is 2.00 bits per heavy atom. The summed E-state index contributed by atoms with van der Waals surface area (Å²) in [5.41, 5.74) is 1.81. The first kappa shape index (κ1) is 23.9. The summed E-state index contributed by atoms with van der Waals surface area (Å²) in [4.78, 5) is 38.0. The Bertz CT molecular complexity index is 1150. The molecule has 8 nitrogen and oxygen atoms in total. The van der Waals surface area contributed by atoms with Crippen molar-refractivity contribution in [2.24, 2.45) is 0 Å². The van der Waals surface area contributed by atoms with E-state index in [4.69, 9.17) is 21.9 Å². The molecule has 4 heterocycles. The van der Waals surface area contributed by atoms with Crippen molar-refractivity contribution >= 4 is 51.7 Å². The number of thiocarbonyl (C=S) groups is 1. The van der Waals surface area contributed by atoms with Crippen molar-refractivity contribution in [1.29, 1.82) is 0 Å². The zero-order valence-corrected chi connectivity index (χ0v) is 20.9. The van der Waals surface area contributed by atoms with Crippen molar-refractivity contribution < 1.29 is 9.53 Å². The summed E-state index contributed by atoms with van der Waals surface area (Å²) >= 11 is 6.70. The van der Waals surface area contributed by atoms with E-state index in [0.29, 0.717) is 52.4 Å². The van der Waals surface area contributed by atoms with Gasteiger partial charge in [0.05, 0.1) is 10.5 Å². The van der Waals surface area contributed by atoms with Crippen LogP contribution in [0, 0.1) is 6.92 Å². The summed E-state index contributed by atoms with van der Waals surface area (Å²) in [5, 5.41) is 0. The maximum atomic E-state index is 13.6. The number of amides is 1. The highest BCUT2D eigenvalue weighted by atomic mass is 32.2. The van der Waals surface area contributed by atoms with Crippen LogP contribution < -0.4 is 10.5 Å². The molecule has 2 fully saturated rings. The average Bonchev–Trinajstić information content (AvgIpc) is 3.06. The number of anilines is 1. The molecule has 176 valence electrons. The lowest BCUT2D eigenvalue weighted by atomic mass is 10.2. The van der Waals surface area contributed by atoms with Crippen LogP contribution in [0.1, 0.15) is 24.5 Å². The van der Waals surface area contributed by atoms with E-state index in [1.54, 1.807) is 21.6 Å². The molecular formula is C23H29N5O3S2. The van der Waals surface area contributed by atoms with Crippen LogP contribution in [-0.4, -0.2) is 82.4 Å². The molecule has 0 N–H and O–H groups in total. The van der Waals surface area contributed by atoms with Crippen LogP contribution in [0.25, 0.3) is 11.7 Å². The third-order valence-corrected chi connectivity index (χ3v) is 7.27. The Kier molecular flexibility index (Phi) is 7.48. The van der Waals surface area contributed by atoms with Crippen molar-refractivity contribution in [3.05, 3.63) is 44.7 Å². The van der Waals surface area contributed by atoms with Crippen LogP contribution in [0.4, 0.5) is 5.82 Å². The molecule has 0 bridgehead atoms. The minimum Gasteiger partial charge on any atom is -0.382 e. The van der Waals surface area contributed by atoms with Gasteiger partial charge in [-0.3, -0.25) is 18.9 Å². The molecule has 10 heteroatoms. The van der Waals surface area contributed by atoms with Crippen LogP contribution in [0.15, 0.2) is 28.0 Å². The van der Waals surface area contributed by atoms with Crippen molar-refractivity contribution in [3.8, 4) is 0 Å². The Morgan fingerprint density at radius 1 is 1.24 bits per heavy atom. The second kappa shape index (κ2) is 10.3. The highest BCUT2D eigenvalue weighted by Crippen LogP contribution is 2.33. The van der Waals surface area contributed by atoms with Gasteiger partial charge < -0.3 is 14.5 Å². The molecule has 0 aromatic carbocycles. The first-order valence-electron chi connectivity index (χ1n) is 11.2. The topological polar surface area (TPSA) is 70.4 Å². The number of likely N-dealkylation sites (N-methyl/N-ethyl adjacent to an activating group) is 1. The fourth-order valence-electron chi connectivity index (χ4n) is 3.98. The first-order valence-corrected chi connectivity index (χ1v) is 12.4. The van der Waals surface area contributed by atoms with Gasteiger partial charge in [-0.2, -0.15) is 0 Å². The summed E-state index contributed by atoms with van der Waals surface area (Å²) in [6.45, 7) is 8.92. The maximum absolute atomic E-state index is 13.6. The summed E-state index contributed by atoms with van der Waals surface area (Å²) in [6.07, 6.45) is 4.11. The van der Waals surface area contributed by atoms with E-state index in [9.17, 15) is 9.59 Å². The van der Waals surface area contributed by atoms with Gasteiger partial charge in [-0.1, -0.05) is 30.0 Å². The fraction of sp³-hybridized carbons (Fsp3) is 0.478. The molecule has 2 aromatic heterocycles. The predicted octanol–water partition coefficient (Wildman–Crippen LogP) is 2.38. The molecule has 4 rings (SSSR count). The smallest absolute Gasteiger partial charge is 0.267 e. The van der Waals surface area contributed by atoms with Crippen molar-refractivity contribution in [1.82, 2.24) is 19.2 Å². The number of piperazine rings is 1. The molecule has 0 unspecified atom stereocenters. The summed E-state index contributed by atoms with van der Waals surface area (Å²) in [7, 11) is 2.09. The molecule has 0 spiro atoms. The second-order valence-corrected chi connectivity index (χ2v) is 9.89. The molecule has 2 saturated heterocycles. The van der Waals surface area contributed by atoms with Crippen molar-refractivity contribution in [3.63, 3.8) is 0 Å². The van der Waals surface area contributed by atoms with Gasteiger partial charge in [0.2, 0.25) is 0 Å². The number of hydrogen-bond acceptors (Lipinski definition) is 8. The van der Waals surface area contributed by atoms with E-state index in [1.807, 2.05) is 26.0 Å². The molecular weight excluding hydrogens is 458 g/mol. The minimum absolute atomic E-state index is 0.167. The highest BCUT2D eigenvalue weighted by Gasteiger charge is 2.32. The van der Waals surface area contributed by atoms with E-state index in [1.165, 1.54) is 11.8 Å². The number of aryl methyl sites for hydroxylation is 1. The molecule has 0 aliphatic carbocycles. The van der Waals surface area contributed by atoms with Crippen LogP contribution in [0.5, 0.6) is 0 Å². The van der Waals surface area contributed by atoms with Gasteiger partial charge in [0, 0.05) is 52.1 Å². The lowest BCUT2D eigenvalue weighted by Gasteiger charge is -2.34. The number of aromatic nitrogens is 2. The Labute approximate surface area is 203 Å². The van der Waals surface area contributed by atoms with Crippen LogP contribution in [0.2, 0.25) is 0 Å². The molecule has 33 heavy (non-hydrogen) atoms. The van der Waals surface area contributed by atoms with E-state index >= 15 is 0 Å². The molecule has 0 atom stereocenters.